The summed E-state index contributed by atoms with van der Waals surface area (Å²) in [6.07, 6.45) is 0. The first-order valence-corrected chi connectivity index (χ1v) is 4.38. The second-order valence-corrected chi connectivity index (χ2v) is 4.20. The first-order valence-electron chi connectivity index (χ1n) is 0.987. The third-order valence-electron chi connectivity index (χ3n) is 0.122. The monoisotopic (exact) mass is 124 g/mol. The molecule has 0 aliphatic carbocycles. The molecule has 0 bridgehead atoms. The Labute approximate surface area is 39.9 Å². The molecule has 34 valence electrons. The Morgan fingerprint density at radius 2 is 1.67 bits per heavy atom. The van der Waals surface area contributed by atoms with Crippen molar-refractivity contribution in [3.63, 3.8) is 0 Å². The van der Waals surface area contributed by atoms with E-state index in [1.165, 1.54) is 0 Å². The van der Waals surface area contributed by atoms with Crippen molar-refractivity contribution < 1.29 is 16.8 Å². The van der Waals surface area contributed by atoms with Gasteiger partial charge in [0.15, 0.2) is 0 Å². The van der Waals surface area contributed by atoms with Crippen LogP contribution in [0.4, 0.5) is 0 Å². The zero-order valence-electron chi connectivity index (χ0n) is 2.66. The van der Waals surface area contributed by atoms with Crippen LogP contribution in [0.15, 0.2) is 0 Å². The second-order valence-electron chi connectivity index (χ2n) is 0.611. The standard InChI is InChI=1S/Al.HO3S.O/c;1-4(2)3;/h;(H,1,2,3);. The molecule has 1 N–H and O–H groups in total. The third-order valence-corrected chi connectivity index (χ3v) is 1.09. The summed E-state index contributed by atoms with van der Waals surface area (Å²) in [5.74, 6) is 0. The van der Waals surface area contributed by atoms with Crippen LogP contribution >= 0.6 is 0 Å². The van der Waals surface area contributed by atoms with Crippen molar-refractivity contribution in [2.24, 2.45) is 0 Å². The van der Waals surface area contributed by atoms with Gasteiger partial charge in [-0.3, -0.25) is 0 Å². The normalized spacial score (nSPS) is 10.2. The van der Waals surface area contributed by atoms with Gasteiger partial charge in [-0.05, 0) is 0 Å². The van der Waals surface area contributed by atoms with Crippen molar-refractivity contribution >= 4 is 22.5 Å². The Bertz CT molecular complexity index is 118. The van der Waals surface area contributed by atoms with Crippen molar-refractivity contribution in [1.82, 2.24) is 0 Å². The molecule has 0 rings (SSSR count). The van der Waals surface area contributed by atoms with Crippen LogP contribution in [0.25, 0.3) is 0 Å². The van der Waals surface area contributed by atoms with E-state index in [2.05, 4.69) is 0 Å². The molecule has 6 heteroatoms. The Balaban J connectivity index is 4.25. The average molecular weight is 124 g/mol. The van der Waals surface area contributed by atoms with E-state index < -0.39 is 22.5 Å². The van der Waals surface area contributed by atoms with Gasteiger partial charge in [0, 0.05) is 0 Å². The molecule has 0 aromatic heterocycles. The fraction of sp³-hybridized carbons (Fsp3) is 0. The molecule has 0 unspecified atom stereocenters. The van der Waals surface area contributed by atoms with Crippen LogP contribution in [0, 0.1) is 0 Å². The quantitative estimate of drug-likeness (QED) is 0.353. The molecule has 0 amide bonds. The van der Waals surface area contributed by atoms with Crippen LogP contribution in [-0.4, -0.2) is 27.0 Å². The molecule has 0 saturated heterocycles. The number of rotatable bonds is 1. The fourth-order valence-electron chi connectivity index (χ4n) is 0. The molecule has 0 saturated carbocycles. The van der Waals surface area contributed by atoms with Crippen molar-refractivity contribution in [3.05, 3.63) is 0 Å². The van der Waals surface area contributed by atoms with E-state index >= 15 is 0 Å². The van der Waals surface area contributed by atoms with Gasteiger partial charge in [0.05, 0.1) is 0 Å². The summed E-state index contributed by atoms with van der Waals surface area (Å²) in [6, 6.07) is 0. The van der Waals surface area contributed by atoms with Crippen LogP contribution in [0.1, 0.15) is 0 Å². The molecule has 6 heavy (non-hydrogen) atoms. The van der Waals surface area contributed by atoms with Crippen LogP contribution in [0.3, 0.4) is 0 Å². The Kier molecular flexibility index (Phi) is 1.87. The van der Waals surface area contributed by atoms with Crippen LogP contribution in [-0.2, 0) is 12.3 Å². The first-order chi connectivity index (χ1) is 2.56. The van der Waals surface area contributed by atoms with Gasteiger partial charge in [0.25, 0.3) is 0 Å². The number of hydrogen-bond donors (Lipinski definition) is 1. The molecule has 0 atom stereocenters. The summed E-state index contributed by atoms with van der Waals surface area (Å²) >= 11 is -2.06. The van der Waals surface area contributed by atoms with Gasteiger partial charge in [-0.15, -0.1) is 0 Å². The van der Waals surface area contributed by atoms with Gasteiger partial charge in [0.2, 0.25) is 0 Å². The minimum atomic E-state index is -4.13. The molecule has 0 spiro atoms. The molecular formula is HAlO4S. The Hall–Kier alpha value is 0.242. The molecule has 0 aromatic carbocycles. The molecule has 0 aliphatic rings. The summed E-state index contributed by atoms with van der Waals surface area (Å²) in [7, 11) is -4.13. The average Bonchev–Trinajstić information content (AvgIpc) is 1.35. The van der Waals surface area contributed by atoms with E-state index in [4.69, 9.17) is 4.55 Å². The summed E-state index contributed by atoms with van der Waals surface area (Å²) in [4.78, 5) is 0. The van der Waals surface area contributed by atoms with Crippen LogP contribution < -0.4 is 0 Å². The van der Waals surface area contributed by atoms with E-state index in [1.807, 2.05) is 0 Å². The van der Waals surface area contributed by atoms with Crippen molar-refractivity contribution in [1.29, 1.82) is 0 Å². The van der Waals surface area contributed by atoms with Gasteiger partial charge in [-0.1, -0.05) is 0 Å². The molecule has 0 heterocycles. The molecular weight excluding hydrogens is 123 g/mol. The zero-order valence-corrected chi connectivity index (χ0v) is 4.63. The maximum atomic E-state index is 9.28. The molecule has 0 aliphatic heterocycles. The Morgan fingerprint density at radius 3 is 1.67 bits per heavy atom. The predicted octanol–water partition coefficient (Wildman–Crippen LogP) is -1.16. The number of hydrogen-bond acceptors (Lipinski definition) is 3. The fourth-order valence-corrected chi connectivity index (χ4v) is 0. The first kappa shape index (κ1) is 6.24. The zero-order chi connectivity index (χ0) is 5.21. The van der Waals surface area contributed by atoms with Gasteiger partial charge in [0.1, 0.15) is 0 Å². The van der Waals surface area contributed by atoms with Gasteiger partial charge >= 0.3 is 39.3 Å². The summed E-state index contributed by atoms with van der Waals surface area (Å²) in [6.45, 7) is 0. The van der Waals surface area contributed by atoms with Gasteiger partial charge in [-0.25, -0.2) is 0 Å². The van der Waals surface area contributed by atoms with Gasteiger partial charge in [-0.2, -0.15) is 0 Å². The minimum absolute atomic E-state index is 2.06. The molecule has 0 aromatic rings. The van der Waals surface area contributed by atoms with Crippen LogP contribution in [0.5, 0.6) is 0 Å². The van der Waals surface area contributed by atoms with Crippen LogP contribution in [0.2, 0.25) is 0 Å². The molecule has 0 radical (unpaired) electrons. The second kappa shape index (κ2) is 1.80. The maximum absolute atomic E-state index is 9.28. The Morgan fingerprint density at radius 1 is 1.50 bits per heavy atom. The summed E-state index contributed by atoms with van der Waals surface area (Å²) in [5, 5.41) is 0. The van der Waals surface area contributed by atoms with E-state index in [0.29, 0.717) is 0 Å². The summed E-state index contributed by atoms with van der Waals surface area (Å²) in [5.41, 5.74) is 0. The van der Waals surface area contributed by atoms with E-state index in [9.17, 15) is 12.2 Å². The van der Waals surface area contributed by atoms with E-state index in [0.717, 1.165) is 0 Å². The molecule has 4 nitrogen and oxygen atoms in total. The molecule has 0 fully saturated rings. The van der Waals surface area contributed by atoms with E-state index in [-0.39, 0.29) is 0 Å². The summed E-state index contributed by atoms with van der Waals surface area (Å²) < 4.78 is 35.3. The van der Waals surface area contributed by atoms with Crippen molar-refractivity contribution in [3.8, 4) is 0 Å². The van der Waals surface area contributed by atoms with Crippen molar-refractivity contribution in [2.75, 3.05) is 0 Å². The van der Waals surface area contributed by atoms with E-state index in [1.54, 1.807) is 0 Å². The van der Waals surface area contributed by atoms with Gasteiger partial charge < -0.3 is 0 Å². The SMILES string of the molecule is [O]=[Al][S](=O)(=O)O. The third kappa shape index (κ3) is 4.24. The predicted molar refractivity (Wildman–Crippen MR) is 18.0 cm³/mol. The topological polar surface area (TPSA) is 71.4 Å². The van der Waals surface area contributed by atoms with Crippen molar-refractivity contribution in [2.45, 2.75) is 0 Å².